The molecule has 0 unspecified atom stereocenters. The first-order chi connectivity index (χ1) is 16.2. The monoisotopic (exact) mass is 453 g/mol. The third kappa shape index (κ3) is 4.36. The van der Waals surface area contributed by atoms with Gasteiger partial charge >= 0.3 is 0 Å². The van der Waals surface area contributed by atoms with Crippen molar-refractivity contribution in [3.8, 4) is 17.1 Å². The third-order valence-corrected chi connectivity index (χ3v) is 5.94. The molecule has 0 saturated heterocycles. The van der Waals surface area contributed by atoms with Crippen LogP contribution in [0.3, 0.4) is 0 Å². The van der Waals surface area contributed by atoms with E-state index < -0.39 is 0 Å². The zero-order chi connectivity index (χ0) is 22.6. The fourth-order valence-electron chi connectivity index (χ4n) is 3.86. The Kier molecular flexibility index (Phi) is 5.87. The number of aromatic nitrogens is 4. The lowest BCUT2D eigenvalue weighted by atomic mass is 10.0. The molecule has 0 radical (unpaired) electrons. The Morgan fingerprint density at radius 3 is 2.61 bits per heavy atom. The molecule has 2 aromatic heterocycles. The lowest BCUT2D eigenvalue weighted by Crippen LogP contribution is -2.17. The number of pyridine rings is 1. The van der Waals surface area contributed by atoms with Gasteiger partial charge in [0.25, 0.3) is 0 Å². The summed E-state index contributed by atoms with van der Waals surface area (Å²) in [4.78, 5) is 4.09. The molecule has 0 spiro atoms. The highest BCUT2D eigenvalue weighted by atomic mass is 32.1. The number of nitrogens with zero attached hydrogens (tertiary/aromatic N) is 3. The number of H-pyrrole nitrogens is 1. The Bertz CT molecular complexity index is 1460. The predicted octanol–water partition coefficient (Wildman–Crippen LogP) is 5.79. The van der Waals surface area contributed by atoms with Gasteiger partial charge in [0.1, 0.15) is 12.4 Å². The zero-order valence-electron chi connectivity index (χ0n) is 18.2. The number of benzene rings is 3. The summed E-state index contributed by atoms with van der Waals surface area (Å²) in [6.07, 6.45) is 3.47. The summed E-state index contributed by atoms with van der Waals surface area (Å²) in [6.45, 7) is 3.12. The first-order valence-corrected chi connectivity index (χ1v) is 11.1. The van der Waals surface area contributed by atoms with Crippen molar-refractivity contribution in [2.45, 2.75) is 20.1 Å². The molecule has 2 N–H and O–H groups in total. The van der Waals surface area contributed by atoms with Gasteiger partial charge in [-0.1, -0.05) is 54.6 Å². The van der Waals surface area contributed by atoms with Gasteiger partial charge in [-0.25, -0.2) is 9.77 Å². The molecule has 0 amide bonds. The first kappa shape index (κ1) is 20.9. The molecule has 0 bridgehead atoms. The number of rotatable bonds is 7. The minimum absolute atomic E-state index is 0.490. The fraction of sp³-hybridized carbons (Fsp3) is 0.115. The molecule has 7 heteroatoms. The summed E-state index contributed by atoms with van der Waals surface area (Å²) in [5, 5.41) is 9.56. The fourth-order valence-corrected chi connectivity index (χ4v) is 4.05. The van der Waals surface area contributed by atoms with Crippen molar-refractivity contribution in [3.63, 3.8) is 0 Å². The van der Waals surface area contributed by atoms with Gasteiger partial charge < -0.3 is 10.2 Å². The van der Waals surface area contributed by atoms with E-state index in [1.165, 1.54) is 11.1 Å². The van der Waals surface area contributed by atoms with Crippen LogP contribution in [-0.4, -0.2) is 19.9 Å². The smallest absolute Gasteiger partial charge is 0.214 e. The van der Waals surface area contributed by atoms with Crippen LogP contribution < -0.4 is 10.2 Å². The van der Waals surface area contributed by atoms with Crippen LogP contribution in [0.15, 0.2) is 85.2 Å². The molecule has 33 heavy (non-hydrogen) atoms. The number of hydrogen-bond donors (Lipinski definition) is 2. The van der Waals surface area contributed by atoms with Gasteiger partial charge in [0.15, 0.2) is 5.82 Å². The van der Waals surface area contributed by atoms with E-state index in [-0.39, 0.29) is 0 Å². The topological polar surface area (TPSA) is 67.8 Å². The van der Waals surface area contributed by atoms with E-state index in [4.69, 9.17) is 17.0 Å². The maximum atomic E-state index is 6.32. The molecule has 0 atom stereocenters. The van der Waals surface area contributed by atoms with Crippen LogP contribution in [-0.2, 0) is 13.2 Å². The Morgan fingerprint density at radius 2 is 1.76 bits per heavy atom. The van der Waals surface area contributed by atoms with Gasteiger partial charge in [-0.3, -0.25) is 4.98 Å². The summed E-state index contributed by atoms with van der Waals surface area (Å²) in [7, 11) is 0. The number of nitrogens with one attached hydrogen (secondary N) is 2. The maximum Gasteiger partial charge on any atom is 0.214 e. The second-order valence-electron chi connectivity index (χ2n) is 7.74. The van der Waals surface area contributed by atoms with E-state index in [9.17, 15) is 0 Å². The Hall–Kier alpha value is -3.97. The Morgan fingerprint density at radius 1 is 0.970 bits per heavy atom. The highest BCUT2D eigenvalue weighted by Gasteiger charge is 2.13. The number of fused-ring (bicyclic) bond motifs is 1. The quantitative estimate of drug-likeness (QED) is 0.306. The minimum atomic E-state index is 0.490. The molecular weight excluding hydrogens is 430 g/mol. The number of ether oxygens (including phenoxy) is 1. The van der Waals surface area contributed by atoms with Gasteiger partial charge in [-0.15, -0.1) is 0 Å². The molecule has 5 rings (SSSR count). The minimum Gasteiger partial charge on any atom is -0.489 e. The average molecular weight is 454 g/mol. The van der Waals surface area contributed by atoms with Crippen molar-refractivity contribution in [1.82, 2.24) is 19.9 Å². The number of hydrogen-bond acceptors (Lipinski definition) is 5. The van der Waals surface area contributed by atoms with Gasteiger partial charge in [-0.05, 0) is 59.2 Å². The van der Waals surface area contributed by atoms with Crippen LogP contribution in [0, 0.1) is 11.7 Å². The second-order valence-corrected chi connectivity index (χ2v) is 8.12. The summed E-state index contributed by atoms with van der Waals surface area (Å²) in [5.41, 5.74) is 7.79. The SMILES string of the molecule is Cc1ccccc1COc1ccc2ccccc2c1CNn1c(-c2ccncc2)n[nH]c1=S. The highest BCUT2D eigenvalue weighted by Crippen LogP contribution is 2.29. The van der Waals surface area contributed by atoms with E-state index >= 15 is 0 Å². The second kappa shape index (κ2) is 9.26. The molecule has 2 heterocycles. The van der Waals surface area contributed by atoms with E-state index in [1.54, 1.807) is 17.1 Å². The molecule has 0 aliphatic carbocycles. The summed E-state index contributed by atoms with van der Waals surface area (Å²) in [6, 6.07) is 24.5. The van der Waals surface area contributed by atoms with Crippen LogP contribution in [0.2, 0.25) is 0 Å². The van der Waals surface area contributed by atoms with Crippen molar-refractivity contribution in [1.29, 1.82) is 0 Å². The van der Waals surface area contributed by atoms with Crippen molar-refractivity contribution in [2.24, 2.45) is 0 Å². The maximum absolute atomic E-state index is 6.32. The van der Waals surface area contributed by atoms with E-state index in [0.717, 1.165) is 27.6 Å². The van der Waals surface area contributed by atoms with Crippen molar-refractivity contribution >= 4 is 23.0 Å². The molecule has 0 aliphatic heterocycles. The van der Waals surface area contributed by atoms with Crippen LogP contribution in [0.1, 0.15) is 16.7 Å². The third-order valence-electron chi connectivity index (χ3n) is 5.67. The molecular formula is C26H23N5OS. The number of aromatic amines is 1. The molecule has 0 aliphatic rings. The molecule has 164 valence electrons. The normalized spacial score (nSPS) is 10.9. The number of aryl methyl sites for hydroxylation is 1. The largest absolute Gasteiger partial charge is 0.489 e. The summed E-state index contributed by atoms with van der Waals surface area (Å²) in [5.74, 6) is 1.54. The van der Waals surface area contributed by atoms with Gasteiger partial charge in [0.2, 0.25) is 4.77 Å². The molecule has 3 aromatic carbocycles. The van der Waals surface area contributed by atoms with Crippen molar-refractivity contribution < 1.29 is 4.74 Å². The van der Waals surface area contributed by atoms with Crippen LogP contribution >= 0.6 is 12.2 Å². The zero-order valence-corrected chi connectivity index (χ0v) is 19.0. The van der Waals surface area contributed by atoms with Crippen molar-refractivity contribution in [3.05, 3.63) is 107 Å². The van der Waals surface area contributed by atoms with E-state index in [2.05, 4.69) is 57.9 Å². The van der Waals surface area contributed by atoms with Crippen LogP contribution in [0.5, 0.6) is 5.75 Å². The molecule has 5 aromatic rings. The highest BCUT2D eigenvalue weighted by molar-refractivity contribution is 7.71. The van der Waals surface area contributed by atoms with E-state index in [1.807, 2.05) is 42.5 Å². The van der Waals surface area contributed by atoms with E-state index in [0.29, 0.717) is 23.7 Å². The average Bonchev–Trinajstić information content (AvgIpc) is 3.23. The summed E-state index contributed by atoms with van der Waals surface area (Å²) >= 11 is 5.48. The standard InChI is InChI=1S/C26H23N5OS/c1-18-6-2-3-8-21(18)17-32-24-11-10-19-7-4-5-9-22(19)23(24)16-28-31-25(29-30-26(31)33)20-12-14-27-15-13-20/h2-15,28H,16-17H2,1H3,(H,30,33). The van der Waals surface area contributed by atoms with Gasteiger partial charge in [-0.2, -0.15) is 5.10 Å². The molecule has 0 fully saturated rings. The molecule has 6 nitrogen and oxygen atoms in total. The summed E-state index contributed by atoms with van der Waals surface area (Å²) < 4.78 is 8.60. The van der Waals surface area contributed by atoms with Crippen molar-refractivity contribution in [2.75, 3.05) is 5.43 Å². The molecule has 0 saturated carbocycles. The predicted molar refractivity (Wildman–Crippen MR) is 133 cm³/mol. The first-order valence-electron chi connectivity index (χ1n) is 10.7. The lowest BCUT2D eigenvalue weighted by molar-refractivity contribution is 0.303. The Balaban J connectivity index is 1.48. The van der Waals surface area contributed by atoms with Gasteiger partial charge in [0.05, 0.1) is 6.54 Å². The van der Waals surface area contributed by atoms with Crippen LogP contribution in [0.4, 0.5) is 0 Å². The lowest BCUT2D eigenvalue weighted by Gasteiger charge is -2.17. The van der Waals surface area contributed by atoms with Gasteiger partial charge in [0, 0.05) is 23.5 Å². The Labute approximate surface area is 196 Å². The van der Waals surface area contributed by atoms with Crippen LogP contribution in [0.25, 0.3) is 22.2 Å².